The number of fused-ring (bicyclic) bond motifs is 1. The molecule has 0 aliphatic heterocycles. The normalized spacial score (nSPS) is 11.1. The van der Waals surface area contributed by atoms with E-state index in [-0.39, 0.29) is 0 Å². The number of nitrogens with one attached hydrogen (secondary N) is 1. The van der Waals surface area contributed by atoms with Gasteiger partial charge in [0.05, 0.1) is 0 Å². The Kier molecular flexibility index (Phi) is 4.37. The first-order valence-corrected chi connectivity index (χ1v) is 7.70. The Hall–Kier alpha value is -2.06. The minimum atomic E-state index is 0.938. The van der Waals surface area contributed by atoms with Gasteiger partial charge >= 0.3 is 0 Å². The minimum absolute atomic E-state index is 0.938. The average molecular weight is 278 g/mol. The molecule has 0 fully saturated rings. The monoisotopic (exact) mass is 278 g/mol. The first-order chi connectivity index (χ1) is 10.4. The molecule has 0 unspecified atom stereocenters. The molecule has 1 N–H and O–H groups in total. The highest BCUT2D eigenvalue weighted by molar-refractivity contribution is 5.84. The summed E-state index contributed by atoms with van der Waals surface area (Å²) in [5, 5.41) is 4.92. The highest BCUT2D eigenvalue weighted by Gasteiger charge is 2.06. The van der Waals surface area contributed by atoms with Crippen LogP contribution >= 0.6 is 0 Å². The molecule has 0 saturated carbocycles. The number of aromatic nitrogens is 1. The molecule has 0 saturated heterocycles. The van der Waals surface area contributed by atoms with E-state index < -0.39 is 0 Å². The number of rotatable bonds is 6. The zero-order chi connectivity index (χ0) is 14.5. The number of para-hydroxylation sites is 1. The van der Waals surface area contributed by atoms with Gasteiger partial charge in [0.15, 0.2) is 0 Å². The smallest absolute Gasteiger partial charge is 0.0483 e. The van der Waals surface area contributed by atoms with E-state index in [2.05, 4.69) is 77.6 Å². The van der Waals surface area contributed by atoms with Crippen LogP contribution in [0.25, 0.3) is 10.9 Å². The summed E-state index contributed by atoms with van der Waals surface area (Å²) in [4.78, 5) is 0. The first-order valence-electron chi connectivity index (χ1n) is 7.70. The second-order valence-corrected chi connectivity index (χ2v) is 5.37. The third-order valence-electron chi connectivity index (χ3n) is 3.95. The van der Waals surface area contributed by atoms with Crippen molar-refractivity contribution in [2.75, 3.05) is 6.54 Å². The van der Waals surface area contributed by atoms with Crippen LogP contribution in [-0.2, 0) is 19.5 Å². The Morgan fingerprint density at radius 3 is 2.52 bits per heavy atom. The second kappa shape index (κ2) is 6.59. The van der Waals surface area contributed by atoms with Crippen LogP contribution < -0.4 is 5.32 Å². The van der Waals surface area contributed by atoms with Gasteiger partial charge in [-0.05, 0) is 37.1 Å². The Bertz CT molecular complexity index is 698. The van der Waals surface area contributed by atoms with Crippen LogP contribution in [0.1, 0.15) is 18.1 Å². The van der Waals surface area contributed by atoms with E-state index in [0.29, 0.717) is 0 Å². The molecule has 1 aromatic heterocycles. The average Bonchev–Trinajstić information content (AvgIpc) is 2.91. The maximum absolute atomic E-state index is 3.53. The molecule has 0 aliphatic carbocycles. The van der Waals surface area contributed by atoms with Crippen molar-refractivity contribution >= 4 is 10.9 Å². The number of hydrogen-bond acceptors (Lipinski definition) is 1. The van der Waals surface area contributed by atoms with E-state index in [1.807, 2.05) is 0 Å². The number of benzene rings is 2. The van der Waals surface area contributed by atoms with Crippen molar-refractivity contribution < 1.29 is 0 Å². The van der Waals surface area contributed by atoms with Crippen molar-refractivity contribution in [1.29, 1.82) is 0 Å². The fraction of sp³-hybridized carbons (Fsp3) is 0.263. The summed E-state index contributed by atoms with van der Waals surface area (Å²) >= 11 is 0. The minimum Gasteiger partial charge on any atom is -0.347 e. The first kappa shape index (κ1) is 13.9. The molecular weight excluding hydrogens is 256 g/mol. The van der Waals surface area contributed by atoms with E-state index >= 15 is 0 Å². The van der Waals surface area contributed by atoms with Crippen molar-refractivity contribution in [3.63, 3.8) is 0 Å². The summed E-state index contributed by atoms with van der Waals surface area (Å²) in [6, 6.07) is 19.2. The van der Waals surface area contributed by atoms with E-state index in [4.69, 9.17) is 0 Å². The van der Waals surface area contributed by atoms with Crippen LogP contribution in [0.5, 0.6) is 0 Å². The van der Waals surface area contributed by atoms with Gasteiger partial charge in [0.2, 0.25) is 0 Å². The quantitative estimate of drug-likeness (QED) is 0.675. The van der Waals surface area contributed by atoms with Crippen LogP contribution in [0.4, 0.5) is 0 Å². The third-order valence-corrected chi connectivity index (χ3v) is 3.95. The number of nitrogens with zero attached hydrogens (tertiary/aromatic N) is 1. The van der Waals surface area contributed by atoms with Crippen LogP contribution in [0.3, 0.4) is 0 Å². The summed E-state index contributed by atoms with van der Waals surface area (Å²) in [5.41, 5.74) is 4.12. The van der Waals surface area contributed by atoms with Crippen LogP contribution in [0.2, 0.25) is 0 Å². The van der Waals surface area contributed by atoms with Crippen LogP contribution in [-0.4, -0.2) is 11.1 Å². The van der Waals surface area contributed by atoms with Gasteiger partial charge in [0.1, 0.15) is 0 Å². The summed E-state index contributed by atoms with van der Waals surface area (Å²) in [6.45, 7) is 5.17. The zero-order valence-electron chi connectivity index (χ0n) is 12.5. The molecule has 2 aromatic carbocycles. The highest BCUT2D eigenvalue weighted by atomic mass is 14.9. The SMILES string of the molecule is CCn1cc(CCNCc2ccccc2)c2ccccc21. The number of hydrogen-bond donors (Lipinski definition) is 1. The predicted octanol–water partition coefficient (Wildman–Crippen LogP) is 3.99. The van der Waals surface area contributed by atoms with E-state index in [0.717, 1.165) is 26.1 Å². The van der Waals surface area contributed by atoms with Crippen LogP contribution in [0.15, 0.2) is 60.8 Å². The van der Waals surface area contributed by atoms with Crippen molar-refractivity contribution in [1.82, 2.24) is 9.88 Å². The molecule has 0 aliphatic rings. The molecule has 0 amide bonds. The molecule has 0 atom stereocenters. The lowest BCUT2D eigenvalue weighted by Gasteiger charge is -2.04. The van der Waals surface area contributed by atoms with Gasteiger partial charge in [-0.25, -0.2) is 0 Å². The molecule has 0 bridgehead atoms. The van der Waals surface area contributed by atoms with Gasteiger partial charge in [-0.2, -0.15) is 0 Å². The van der Waals surface area contributed by atoms with E-state index in [9.17, 15) is 0 Å². The van der Waals surface area contributed by atoms with Gasteiger partial charge < -0.3 is 9.88 Å². The lowest BCUT2D eigenvalue weighted by atomic mass is 10.1. The largest absolute Gasteiger partial charge is 0.347 e. The Balaban J connectivity index is 1.63. The van der Waals surface area contributed by atoms with Gasteiger partial charge in [0, 0.05) is 30.2 Å². The molecule has 3 aromatic rings. The summed E-state index contributed by atoms with van der Waals surface area (Å²) in [5.74, 6) is 0. The van der Waals surface area contributed by atoms with Crippen molar-refractivity contribution in [2.24, 2.45) is 0 Å². The fourth-order valence-corrected chi connectivity index (χ4v) is 2.84. The maximum atomic E-state index is 3.53. The molecule has 2 heteroatoms. The van der Waals surface area contributed by atoms with Crippen LogP contribution in [0, 0.1) is 0 Å². The van der Waals surface area contributed by atoms with Crippen molar-refractivity contribution in [2.45, 2.75) is 26.4 Å². The molecule has 3 rings (SSSR count). The van der Waals surface area contributed by atoms with E-state index in [1.54, 1.807) is 0 Å². The lowest BCUT2D eigenvalue weighted by molar-refractivity contribution is 0.686. The molecule has 1 heterocycles. The van der Waals surface area contributed by atoms with Crippen molar-refractivity contribution in [3.05, 3.63) is 71.9 Å². The zero-order valence-corrected chi connectivity index (χ0v) is 12.5. The Labute approximate surface area is 126 Å². The molecule has 2 nitrogen and oxygen atoms in total. The van der Waals surface area contributed by atoms with E-state index in [1.165, 1.54) is 22.0 Å². The summed E-state index contributed by atoms with van der Waals surface area (Å²) in [6.07, 6.45) is 3.37. The Morgan fingerprint density at radius 1 is 0.952 bits per heavy atom. The lowest BCUT2D eigenvalue weighted by Crippen LogP contribution is -2.16. The topological polar surface area (TPSA) is 17.0 Å². The summed E-state index contributed by atoms with van der Waals surface area (Å²) in [7, 11) is 0. The summed E-state index contributed by atoms with van der Waals surface area (Å²) < 4.78 is 2.34. The highest BCUT2D eigenvalue weighted by Crippen LogP contribution is 2.21. The maximum Gasteiger partial charge on any atom is 0.0483 e. The van der Waals surface area contributed by atoms with Crippen molar-refractivity contribution in [3.8, 4) is 0 Å². The molecule has 108 valence electrons. The third kappa shape index (κ3) is 3.17. The van der Waals surface area contributed by atoms with Gasteiger partial charge in [-0.1, -0.05) is 48.5 Å². The Morgan fingerprint density at radius 2 is 1.71 bits per heavy atom. The number of aryl methyl sites for hydroxylation is 1. The molecule has 21 heavy (non-hydrogen) atoms. The second-order valence-electron chi connectivity index (χ2n) is 5.37. The fourth-order valence-electron chi connectivity index (χ4n) is 2.84. The molecule has 0 spiro atoms. The molecular formula is C19H22N2. The predicted molar refractivity (Wildman–Crippen MR) is 89.5 cm³/mol. The standard InChI is InChI=1S/C19H22N2/c1-2-21-15-17(18-10-6-7-11-19(18)21)12-13-20-14-16-8-4-3-5-9-16/h3-11,15,20H,2,12-14H2,1H3. The van der Waals surface area contributed by atoms with Gasteiger partial charge in [-0.15, -0.1) is 0 Å². The van der Waals surface area contributed by atoms with Gasteiger partial charge in [-0.3, -0.25) is 0 Å². The molecule has 0 radical (unpaired) electrons. The van der Waals surface area contributed by atoms with Gasteiger partial charge in [0.25, 0.3) is 0 Å².